The molecule has 0 fully saturated rings. The molecule has 130 valence electrons. The van der Waals surface area contributed by atoms with E-state index in [9.17, 15) is 9.59 Å². The second kappa shape index (κ2) is 8.50. The maximum absolute atomic E-state index is 13.0. The molecule has 0 unspecified atom stereocenters. The second-order valence-electron chi connectivity index (χ2n) is 5.85. The van der Waals surface area contributed by atoms with Crippen molar-refractivity contribution in [1.82, 2.24) is 0 Å². The van der Waals surface area contributed by atoms with E-state index >= 15 is 0 Å². The number of ketones is 1. The first kappa shape index (κ1) is 18.0. The molecule has 3 rings (SSSR count). The van der Waals surface area contributed by atoms with Crippen LogP contribution in [0.1, 0.15) is 28.1 Å². The van der Waals surface area contributed by atoms with Gasteiger partial charge in [0.25, 0.3) is 0 Å². The molecule has 0 aliphatic carbocycles. The number of hydrogen-bond acceptors (Lipinski definition) is 3. The summed E-state index contributed by atoms with van der Waals surface area (Å²) in [5.74, 6) is -0.148. The molecule has 0 spiro atoms. The van der Waals surface area contributed by atoms with Gasteiger partial charge in [0.15, 0.2) is 5.78 Å². The van der Waals surface area contributed by atoms with Gasteiger partial charge in [0.2, 0.25) is 5.91 Å². The lowest BCUT2D eigenvalue weighted by molar-refractivity contribution is -0.115. The summed E-state index contributed by atoms with van der Waals surface area (Å²) in [6.07, 6.45) is 0. The van der Waals surface area contributed by atoms with Gasteiger partial charge < -0.3 is 5.32 Å². The molecular formula is C22H19NO2S. The lowest BCUT2D eigenvalue weighted by Gasteiger charge is -2.17. The molecule has 1 amide bonds. The Morgan fingerprint density at radius 2 is 1.50 bits per heavy atom. The summed E-state index contributed by atoms with van der Waals surface area (Å²) in [6, 6.07) is 26.5. The van der Waals surface area contributed by atoms with Gasteiger partial charge in [-0.15, -0.1) is 11.8 Å². The van der Waals surface area contributed by atoms with E-state index < -0.39 is 0 Å². The Bertz CT molecular complexity index is 894. The van der Waals surface area contributed by atoms with Crippen LogP contribution in [-0.4, -0.2) is 11.7 Å². The summed E-state index contributed by atoms with van der Waals surface area (Å²) in [5, 5.41) is 2.55. The normalized spacial score (nSPS) is 11.6. The van der Waals surface area contributed by atoms with Crippen molar-refractivity contribution in [3.8, 4) is 0 Å². The van der Waals surface area contributed by atoms with Gasteiger partial charge in [-0.25, -0.2) is 0 Å². The Labute approximate surface area is 157 Å². The molecule has 1 N–H and O–H groups in total. The quantitative estimate of drug-likeness (QED) is 0.475. The number of benzene rings is 3. The fourth-order valence-electron chi connectivity index (χ4n) is 2.56. The third-order valence-corrected chi connectivity index (χ3v) is 5.14. The molecule has 0 saturated carbocycles. The van der Waals surface area contributed by atoms with Crippen LogP contribution in [0, 0.1) is 0 Å². The highest BCUT2D eigenvalue weighted by atomic mass is 32.2. The molecule has 0 bridgehead atoms. The minimum atomic E-state index is -0.389. The number of rotatable bonds is 6. The van der Waals surface area contributed by atoms with E-state index in [1.807, 2.05) is 60.7 Å². The molecule has 3 nitrogen and oxygen atoms in total. The molecule has 3 aromatic rings. The molecule has 0 aliphatic rings. The van der Waals surface area contributed by atoms with Gasteiger partial charge in [-0.2, -0.15) is 0 Å². The van der Waals surface area contributed by atoms with Crippen molar-refractivity contribution in [3.63, 3.8) is 0 Å². The monoisotopic (exact) mass is 361 g/mol. The Morgan fingerprint density at radius 1 is 0.846 bits per heavy atom. The average molecular weight is 361 g/mol. The Hall–Kier alpha value is -2.85. The highest BCUT2D eigenvalue weighted by molar-refractivity contribution is 8.00. The van der Waals surface area contributed by atoms with Crippen LogP contribution in [0.5, 0.6) is 0 Å². The highest BCUT2D eigenvalue weighted by Gasteiger charge is 2.22. The summed E-state index contributed by atoms with van der Waals surface area (Å²) in [6.45, 7) is 1.51. The van der Waals surface area contributed by atoms with Crippen LogP contribution >= 0.6 is 11.8 Å². The summed E-state index contributed by atoms with van der Waals surface area (Å²) in [4.78, 5) is 25.6. The van der Waals surface area contributed by atoms with Crippen molar-refractivity contribution >= 4 is 29.1 Å². The summed E-state index contributed by atoms with van der Waals surface area (Å²) >= 11 is 1.50. The number of carbonyl (C=O) groups excluding carboxylic acids is 2. The van der Waals surface area contributed by atoms with E-state index in [-0.39, 0.29) is 16.9 Å². The van der Waals surface area contributed by atoms with E-state index in [1.165, 1.54) is 18.7 Å². The molecule has 3 aromatic carbocycles. The fraction of sp³-hybridized carbons (Fsp3) is 0.0909. The van der Waals surface area contributed by atoms with Crippen LogP contribution in [-0.2, 0) is 4.79 Å². The molecule has 0 heterocycles. The Balaban J connectivity index is 1.85. The van der Waals surface area contributed by atoms with Gasteiger partial charge >= 0.3 is 0 Å². The zero-order chi connectivity index (χ0) is 18.4. The fourth-order valence-corrected chi connectivity index (χ4v) is 3.61. The van der Waals surface area contributed by atoms with Crippen LogP contribution in [0.15, 0.2) is 89.8 Å². The molecule has 4 heteroatoms. The van der Waals surface area contributed by atoms with Gasteiger partial charge in [-0.05, 0) is 36.8 Å². The number of amides is 1. The van der Waals surface area contributed by atoms with Crippen LogP contribution in [0.4, 0.5) is 5.69 Å². The summed E-state index contributed by atoms with van der Waals surface area (Å²) < 4.78 is 0. The average Bonchev–Trinajstić information content (AvgIpc) is 2.67. The maximum atomic E-state index is 13.0. The summed E-state index contributed by atoms with van der Waals surface area (Å²) in [7, 11) is 0. The van der Waals surface area contributed by atoms with Crippen LogP contribution in [0.3, 0.4) is 0 Å². The van der Waals surface area contributed by atoms with Crippen molar-refractivity contribution in [1.29, 1.82) is 0 Å². The number of hydrogen-bond donors (Lipinski definition) is 1. The third-order valence-electron chi connectivity index (χ3n) is 3.87. The largest absolute Gasteiger partial charge is 0.325 e. The first-order valence-electron chi connectivity index (χ1n) is 8.32. The van der Waals surface area contributed by atoms with Gasteiger partial charge in [0.1, 0.15) is 5.25 Å². The number of thioether (sulfide) groups is 1. The highest BCUT2D eigenvalue weighted by Crippen LogP contribution is 2.36. The number of Topliss-reactive ketones (excluding diaryl/α,β-unsaturated/α-hetero) is 1. The van der Waals surface area contributed by atoms with Crippen molar-refractivity contribution in [2.24, 2.45) is 0 Å². The number of carbonyl (C=O) groups is 2. The van der Waals surface area contributed by atoms with Gasteiger partial charge in [-0.1, -0.05) is 60.7 Å². The van der Waals surface area contributed by atoms with Crippen LogP contribution in [0.2, 0.25) is 0 Å². The Morgan fingerprint density at radius 3 is 2.15 bits per heavy atom. The number of anilines is 1. The van der Waals surface area contributed by atoms with Crippen molar-refractivity contribution in [2.75, 3.05) is 5.32 Å². The standard InChI is InChI=1S/C22H19NO2S/c1-16(24)18-11-8-12-19(15-18)23-22(25)21(17-9-4-2-5-10-17)26-20-13-6-3-7-14-20/h2-15,21H,1H3,(H,23,25)/t21-/m1/s1. The topological polar surface area (TPSA) is 46.2 Å². The third kappa shape index (κ3) is 4.61. The lowest BCUT2D eigenvalue weighted by Crippen LogP contribution is -2.19. The molecule has 26 heavy (non-hydrogen) atoms. The van der Waals surface area contributed by atoms with Gasteiger partial charge in [0.05, 0.1) is 0 Å². The lowest BCUT2D eigenvalue weighted by atomic mass is 10.1. The zero-order valence-corrected chi connectivity index (χ0v) is 15.2. The van der Waals surface area contributed by atoms with Crippen molar-refractivity contribution < 1.29 is 9.59 Å². The zero-order valence-electron chi connectivity index (χ0n) is 14.4. The Kier molecular flexibility index (Phi) is 5.87. The molecule has 0 saturated heterocycles. The minimum Gasteiger partial charge on any atom is -0.325 e. The van der Waals surface area contributed by atoms with Crippen molar-refractivity contribution in [2.45, 2.75) is 17.1 Å². The minimum absolute atomic E-state index is 0.0284. The van der Waals surface area contributed by atoms with Gasteiger partial charge in [-0.3, -0.25) is 9.59 Å². The maximum Gasteiger partial charge on any atom is 0.242 e. The predicted molar refractivity (Wildman–Crippen MR) is 107 cm³/mol. The molecular weight excluding hydrogens is 342 g/mol. The van der Waals surface area contributed by atoms with Crippen molar-refractivity contribution in [3.05, 3.63) is 96.1 Å². The van der Waals surface area contributed by atoms with Crippen LogP contribution < -0.4 is 5.32 Å². The number of nitrogens with one attached hydrogen (secondary N) is 1. The van der Waals surface area contributed by atoms with E-state index in [1.54, 1.807) is 24.3 Å². The molecule has 0 aromatic heterocycles. The molecule has 0 aliphatic heterocycles. The second-order valence-corrected chi connectivity index (χ2v) is 7.03. The first-order valence-corrected chi connectivity index (χ1v) is 9.20. The van der Waals surface area contributed by atoms with Gasteiger partial charge in [0, 0.05) is 16.1 Å². The van der Waals surface area contributed by atoms with E-state index in [4.69, 9.17) is 0 Å². The smallest absolute Gasteiger partial charge is 0.242 e. The molecule has 0 radical (unpaired) electrons. The predicted octanol–water partition coefficient (Wildman–Crippen LogP) is 5.36. The SMILES string of the molecule is CC(=O)c1cccc(NC(=O)[C@H](Sc2ccccc2)c2ccccc2)c1. The molecule has 1 atom stereocenters. The summed E-state index contributed by atoms with van der Waals surface area (Å²) in [5.41, 5.74) is 2.13. The van der Waals surface area contributed by atoms with Crippen LogP contribution in [0.25, 0.3) is 0 Å². The van der Waals surface area contributed by atoms with E-state index in [2.05, 4.69) is 5.32 Å². The van der Waals surface area contributed by atoms with E-state index in [0.29, 0.717) is 11.3 Å². The van der Waals surface area contributed by atoms with E-state index in [0.717, 1.165) is 10.5 Å². The first-order chi connectivity index (χ1) is 12.6.